The predicted octanol–water partition coefficient (Wildman–Crippen LogP) is 4.68. The minimum Gasteiger partial charge on any atom is -0.410 e. The highest BCUT2D eigenvalue weighted by Crippen LogP contribution is 2.28. The van der Waals surface area contributed by atoms with Gasteiger partial charge in [0.1, 0.15) is 5.75 Å². The molecule has 0 N–H and O–H groups in total. The van der Waals surface area contributed by atoms with Crippen LogP contribution in [0.1, 0.15) is 17.9 Å². The summed E-state index contributed by atoms with van der Waals surface area (Å²) in [5.74, 6) is 0.839. The Labute approximate surface area is 146 Å². The number of carbonyl (C=O) groups is 1. The minimum absolute atomic E-state index is 0.276. The average Bonchev–Trinajstić information content (AvgIpc) is 3.03. The van der Waals surface area contributed by atoms with Gasteiger partial charge in [0.15, 0.2) is 0 Å². The number of hydrogen-bond donors (Lipinski definition) is 0. The number of allylic oxidation sites excluding steroid dienone is 1. The summed E-state index contributed by atoms with van der Waals surface area (Å²) in [7, 11) is 2.05. The van der Waals surface area contributed by atoms with E-state index < -0.39 is 0 Å². The largest absolute Gasteiger partial charge is 0.419 e. The number of ether oxygens (including phenoxy) is 1. The zero-order valence-electron chi connectivity index (χ0n) is 14.1. The van der Waals surface area contributed by atoms with E-state index in [9.17, 15) is 4.79 Å². The van der Waals surface area contributed by atoms with Crippen molar-refractivity contribution < 1.29 is 9.53 Å². The molecule has 1 amide bonds. The number of fused-ring (bicyclic) bond motifs is 1. The summed E-state index contributed by atoms with van der Waals surface area (Å²) < 4.78 is 7.56. The van der Waals surface area contributed by atoms with Gasteiger partial charge < -0.3 is 9.30 Å². The number of amides is 1. The Hall–Kier alpha value is -3.01. The third-order valence-corrected chi connectivity index (χ3v) is 4.69. The summed E-state index contributed by atoms with van der Waals surface area (Å²) in [5, 5.41) is 1.23. The topological polar surface area (TPSA) is 34.5 Å². The Morgan fingerprint density at radius 3 is 2.80 bits per heavy atom. The van der Waals surface area contributed by atoms with E-state index in [0.29, 0.717) is 12.3 Å². The van der Waals surface area contributed by atoms with E-state index in [2.05, 4.69) is 35.0 Å². The maximum absolute atomic E-state index is 12.4. The third kappa shape index (κ3) is 3.15. The van der Waals surface area contributed by atoms with Crippen LogP contribution in [-0.2, 0) is 7.05 Å². The molecule has 25 heavy (non-hydrogen) atoms. The number of rotatable bonds is 2. The second-order valence-corrected chi connectivity index (χ2v) is 6.40. The van der Waals surface area contributed by atoms with E-state index in [0.717, 1.165) is 6.42 Å². The smallest absolute Gasteiger partial charge is 0.410 e. The molecule has 3 aromatic rings. The number of para-hydroxylation sites is 1. The van der Waals surface area contributed by atoms with Crippen LogP contribution in [-0.4, -0.2) is 22.1 Å². The molecule has 126 valence electrons. The molecule has 0 bridgehead atoms. The summed E-state index contributed by atoms with van der Waals surface area (Å²) in [6.45, 7) is 0.626. The van der Waals surface area contributed by atoms with E-state index in [4.69, 9.17) is 4.74 Å². The monoisotopic (exact) mass is 332 g/mol. The fraction of sp³-hybridized carbons (Fsp3) is 0.190. The Balaban J connectivity index is 1.50. The van der Waals surface area contributed by atoms with Gasteiger partial charge in [0, 0.05) is 37.4 Å². The highest BCUT2D eigenvalue weighted by molar-refractivity contribution is 5.81. The Morgan fingerprint density at radius 2 is 1.96 bits per heavy atom. The molecule has 0 saturated carbocycles. The number of aromatic nitrogens is 1. The first-order valence-electron chi connectivity index (χ1n) is 8.46. The van der Waals surface area contributed by atoms with Gasteiger partial charge in [-0.05, 0) is 47.7 Å². The fourth-order valence-electron chi connectivity index (χ4n) is 3.30. The lowest BCUT2D eigenvalue weighted by molar-refractivity contribution is 0.165. The van der Waals surface area contributed by atoms with Crippen molar-refractivity contribution in [2.45, 2.75) is 12.3 Å². The van der Waals surface area contributed by atoms with Gasteiger partial charge in [-0.25, -0.2) is 4.79 Å². The molecule has 0 aliphatic carbocycles. The number of carbonyl (C=O) groups excluding carboxylic acids is 1. The summed E-state index contributed by atoms with van der Waals surface area (Å²) in [5.41, 5.74) is 2.47. The molecule has 4 nitrogen and oxygen atoms in total. The van der Waals surface area contributed by atoms with Crippen molar-refractivity contribution in [3.63, 3.8) is 0 Å². The molecule has 0 radical (unpaired) electrons. The van der Waals surface area contributed by atoms with Crippen molar-refractivity contribution in [1.82, 2.24) is 9.47 Å². The van der Waals surface area contributed by atoms with Gasteiger partial charge in [-0.2, -0.15) is 0 Å². The second kappa shape index (κ2) is 6.48. The zero-order chi connectivity index (χ0) is 17.2. The molecule has 1 aliphatic rings. The van der Waals surface area contributed by atoms with Crippen LogP contribution in [0.4, 0.5) is 4.79 Å². The summed E-state index contributed by atoms with van der Waals surface area (Å²) in [6, 6.07) is 17.8. The summed E-state index contributed by atoms with van der Waals surface area (Å²) >= 11 is 0. The van der Waals surface area contributed by atoms with E-state index in [1.54, 1.807) is 17.0 Å². The van der Waals surface area contributed by atoms with Crippen LogP contribution in [0, 0.1) is 0 Å². The minimum atomic E-state index is -0.340. The first-order valence-corrected chi connectivity index (χ1v) is 8.46. The van der Waals surface area contributed by atoms with E-state index in [-0.39, 0.29) is 12.0 Å². The van der Waals surface area contributed by atoms with Gasteiger partial charge >= 0.3 is 6.09 Å². The van der Waals surface area contributed by atoms with E-state index in [1.807, 2.05) is 37.5 Å². The van der Waals surface area contributed by atoms with Gasteiger partial charge in [-0.1, -0.05) is 30.3 Å². The van der Waals surface area contributed by atoms with Crippen molar-refractivity contribution in [1.29, 1.82) is 0 Å². The molecule has 2 aromatic carbocycles. The van der Waals surface area contributed by atoms with Crippen molar-refractivity contribution in [3.8, 4) is 5.75 Å². The molecule has 0 saturated heterocycles. The van der Waals surface area contributed by atoms with Crippen LogP contribution >= 0.6 is 0 Å². The van der Waals surface area contributed by atoms with Gasteiger partial charge in [0.25, 0.3) is 0 Å². The summed E-state index contributed by atoms with van der Waals surface area (Å²) in [6.07, 6.45) is 6.51. The van der Waals surface area contributed by atoms with Gasteiger partial charge in [-0.15, -0.1) is 0 Å². The van der Waals surface area contributed by atoms with Crippen LogP contribution in [0.3, 0.4) is 0 Å². The number of hydrogen-bond acceptors (Lipinski definition) is 2. The lowest BCUT2D eigenvalue weighted by Gasteiger charge is -2.27. The van der Waals surface area contributed by atoms with Crippen LogP contribution in [0.2, 0.25) is 0 Å². The molecule has 0 fully saturated rings. The lowest BCUT2D eigenvalue weighted by atomic mass is 9.92. The van der Waals surface area contributed by atoms with Crippen molar-refractivity contribution >= 4 is 17.0 Å². The highest BCUT2D eigenvalue weighted by atomic mass is 16.6. The van der Waals surface area contributed by atoms with Gasteiger partial charge in [0.05, 0.1) is 0 Å². The average molecular weight is 332 g/mol. The van der Waals surface area contributed by atoms with E-state index in [1.165, 1.54) is 16.5 Å². The van der Waals surface area contributed by atoms with Crippen molar-refractivity contribution in [2.75, 3.05) is 6.54 Å². The quantitative estimate of drug-likeness (QED) is 0.683. The molecule has 0 spiro atoms. The number of aryl methyl sites for hydroxylation is 1. The molecule has 1 aromatic heterocycles. The van der Waals surface area contributed by atoms with Crippen molar-refractivity contribution in [3.05, 3.63) is 78.6 Å². The molecule has 4 rings (SSSR count). The molecule has 1 aliphatic heterocycles. The number of benzene rings is 2. The van der Waals surface area contributed by atoms with Crippen LogP contribution in [0.15, 0.2) is 73.1 Å². The standard InChI is InChI=1S/C21H20N2O2/c1-22-13-11-17-14-16(9-10-20(17)22)18-6-5-12-23(15-18)21(24)25-19-7-3-2-4-8-19/h2-5,7-14,18H,6,15H2,1H3/t18-/m1/s1. The van der Waals surface area contributed by atoms with E-state index >= 15 is 0 Å². The predicted molar refractivity (Wildman–Crippen MR) is 98.6 cm³/mol. The lowest BCUT2D eigenvalue weighted by Crippen LogP contribution is -2.34. The van der Waals surface area contributed by atoms with Crippen molar-refractivity contribution in [2.24, 2.45) is 7.05 Å². The van der Waals surface area contributed by atoms with Crippen LogP contribution in [0.25, 0.3) is 10.9 Å². The van der Waals surface area contributed by atoms with Crippen LogP contribution < -0.4 is 4.74 Å². The highest BCUT2D eigenvalue weighted by Gasteiger charge is 2.23. The Morgan fingerprint density at radius 1 is 1.12 bits per heavy atom. The Bertz CT molecular complexity index is 927. The summed E-state index contributed by atoms with van der Waals surface area (Å²) in [4.78, 5) is 14.1. The number of nitrogens with zero attached hydrogens (tertiary/aromatic N) is 2. The molecular formula is C21H20N2O2. The first-order chi connectivity index (χ1) is 12.2. The first kappa shape index (κ1) is 15.5. The Kier molecular flexibility index (Phi) is 4.02. The molecule has 1 atom stereocenters. The van der Waals surface area contributed by atoms with Crippen LogP contribution in [0.5, 0.6) is 5.75 Å². The fourth-order valence-corrected chi connectivity index (χ4v) is 3.30. The SMILES string of the molecule is Cn1ccc2cc([C@@H]3CC=CN(C(=O)Oc4ccccc4)C3)ccc21. The maximum Gasteiger partial charge on any atom is 0.419 e. The molecule has 0 unspecified atom stereocenters. The normalized spacial score (nSPS) is 17.0. The molecule has 4 heteroatoms. The zero-order valence-corrected chi connectivity index (χ0v) is 14.1. The third-order valence-electron chi connectivity index (χ3n) is 4.69. The molecular weight excluding hydrogens is 312 g/mol. The maximum atomic E-state index is 12.4. The van der Waals surface area contributed by atoms with Gasteiger partial charge in [-0.3, -0.25) is 4.90 Å². The second-order valence-electron chi connectivity index (χ2n) is 6.40. The molecule has 2 heterocycles. The van der Waals surface area contributed by atoms with Gasteiger partial charge in [0.2, 0.25) is 0 Å².